The van der Waals surface area contributed by atoms with Crippen LogP contribution in [0.5, 0.6) is 0 Å². The molecule has 0 atom stereocenters. The van der Waals surface area contributed by atoms with Crippen molar-refractivity contribution in [1.29, 1.82) is 0 Å². The molecule has 4 rings (SSSR count). The molecule has 0 unspecified atom stereocenters. The van der Waals surface area contributed by atoms with E-state index in [2.05, 4.69) is 11.1 Å². The number of hydrogen-bond acceptors (Lipinski definition) is 2. The number of carbonyl (C=O) groups excluding carboxylic acids is 1. The van der Waals surface area contributed by atoms with E-state index in [1.54, 1.807) is 0 Å². The van der Waals surface area contributed by atoms with Crippen LogP contribution in [-0.4, -0.2) is 21.8 Å². The van der Waals surface area contributed by atoms with Gasteiger partial charge in [-0.2, -0.15) is 0 Å². The summed E-state index contributed by atoms with van der Waals surface area (Å²) in [7, 11) is 0. The lowest BCUT2D eigenvalue weighted by molar-refractivity contribution is 0.0613. The molecular weight excluding hydrogens is 348 g/mol. The summed E-state index contributed by atoms with van der Waals surface area (Å²) in [5.41, 5.74) is 3.19. The summed E-state index contributed by atoms with van der Waals surface area (Å²) in [6.07, 6.45) is 5.50. The van der Waals surface area contributed by atoms with Gasteiger partial charge in [0.2, 0.25) is 0 Å². The Morgan fingerprint density at radius 3 is 2.54 bits per heavy atom. The van der Waals surface area contributed by atoms with Crippen LogP contribution < -0.4 is 5.56 Å². The van der Waals surface area contributed by atoms with Crippen molar-refractivity contribution < 1.29 is 4.79 Å². The second-order valence-corrected chi connectivity index (χ2v) is 7.81. The van der Waals surface area contributed by atoms with Crippen LogP contribution in [0, 0.1) is 6.92 Å². The highest BCUT2D eigenvalue weighted by Gasteiger charge is 2.27. The summed E-state index contributed by atoms with van der Waals surface area (Å²) in [6.45, 7) is 2.38. The number of pyridine rings is 1. The maximum atomic E-state index is 13.3. The molecular formula is C24H26N2O2. The van der Waals surface area contributed by atoms with Crippen LogP contribution in [0.15, 0.2) is 59.4 Å². The van der Waals surface area contributed by atoms with Crippen LogP contribution >= 0.6 is 0 Å². The predicted molar refractivity (Wildman–Crippen MR) is 112 cm³/mol. The number of hydrogen-bond donors (Lipinski definition) is 1. The van der Waals surface area contributed by atoms with E-state index in [0.29, 0.717) is 17.7 Å². The largest absolute Gasteiger partial charge is 0.331 e. The van der Waals surface area contributed by atoms with Gasteiger partial charge in [0.1, 0.15) is 0 Å². The number of aryl methyl sites for hydroxylation is 1. The van der Waals surface area contributed by atoms with E-state index in [1.807, 2.05) is 60.4 Å². The van der Waals surface area contributed by atoms with Crippen LogP contribution in [0.2, 0.25) is 0 Å². The number of benzene rings is 2. The van der Waals surface area contributed by atoms with E-state index in [1.165, 1.54) is 6.42 Å². The van der Waals surface area contributed by atoms with Gasteiger partial charge < -0.3 is 9.88 Å². The predicted octanol–water partition coefficient (Wildman–Crippen LogP) is 4.81. The van der Waals surface area contributed by atoms with E-state index in [-0.39, 0.29) is 17.5 Å². The SMILES string of the molecule is Cc1ccc2[nH]c(=O)c(CN(C(=O)c3ccccc3)C3CCCCC3)cc2c1. The molecule has 1 saturated carbocycles. The minimum Gasteiger partial charge on any atom is -0.331 e. The Kier molecular flexibility index (Phi) is 5.29. The van der Waals surface area contributed by atoms with E-state index >= 15 is 0 Å². The lowest BCUT2D eigenvalue weighted by atomic mass is 9.93. The summed E-state index contributed by atoms with van der Waals surface area (Å²) >= 11 is 0. The van der Waals surface area contributed by atoms with Crippen molar-refractivity contribution in [3.05, 3.63) is 81.6 Å². The van der Waals surface area contributed by atoms with Gasteiger partial charge in [-0.25, -0.2) is 0 Å². The Labute approximate surface area is 165 Å². The third-order valence-corrected chi connectivity index (χ3v) is 5.71. The third-order valence-electron chi connectivity index (χ3n) is 5.71. The van der Waals surface area contributed by atoms with Gasteiger partial charge in [0.05, 0.1) is 6.54 Å². The molecule has 144 valence electrons. The number of carbonyl (C=O) groups is 1. The van der Waals surface area contributed by atoms with Crippen molar-refractivity contribution in [3.63, 3.8) is 0 Å². The first kappa shape index (κ1) is 18.5. The summed E-state index contributed by atoms with van der Waals surface area (Å²) in [5, 5.41) is 1.00. The molecule has 1 aromatic heterocycles. The van der Waals surface area contributed by atoms with Crippen LogP contribution in [0.4, 0.5) is 0 Å². The van der Waals surface area contributed by atoms with Crippen LogP contribution in [-0.2, 0) is 6.54 Å². The maximum Gasteiger partial charge on any atom is 0.254 e. The molecule has 1 aliphatic rings. The van der Waals surface area contributed by atoms with E-state index in [4.69, 9.17) is 0 Å². The van der Waals surface area contributed by atoms with Crippen LogP contribution in [0.3, 0.4) is 0 Å². The van der Waals surface area contributed by atoms with Gasteiger partial charge in [0.15, 0.2) is 0 Å². The lowest BCUT2D eigenvalue weighted by Crippen LogP contribution is -2.42. The topological polar surface area (TPSA) is 53.2 Å². The minimum atomic E-state index is -0.113. The van der Waals surface area contributed by atoms with E-state index < -0.39 is 0 Å². The molecule has 2 aromatic carbocycles. The molecule has 1 aliphatic carbocycles. The van der Waals surface area contributed by atoms with Gasteiger partial charge in [0, 0.05) is 22.7 Å². The second kappa shape index (κ2) is 8.01. The zero-order valence-electron chi connectivity index (χ0n) is 16.3. The van der Waals surface area contributed by atoms with Gasteiger partial charge in [-0.15, -0.1) is 0 Å². The standard InChI is InChI=1S/C24H26N2O2/c1-17-12-13-22-19(14-17)15-20(23(27)25-22)16-26(21-10-6-3-7-11-21)24(28)18-8-4-2-5-9-18/h2,4-5,8-9,12-15,21H,3,6-7,10-11,16H2,1H3,(H,25,27). The van der Waals surface area contributed by atoms with Crippen molar-refractivity contribution in [2.45, 2.75) is 51.6 Å². The number of nitrogens with zero attached hydrogens (tertiary/aromatic N) is 1. The quantitative estimate of drug-likeness (QED) is 0.712. The lowest BCUT2D eigenvalue weighted by Gasteiger charge is -2.34. The van der Waals surface area contributed by atoms with Gasteiger partial charge >= 0.3 is 0 Å². The molecule has 1 heterocycles. The summed E-state index contributed by atoms with van der Waals surface area (Å²) in [4.78, 5) is 30.9. The molecule has 1 N–H and O–H groups in total. The third kappa shape index (κ3) is 3.86. The van der Waals surface area contributed by atoms with Crippen LogP contribution in [0.1, 0.15) is 53.6 Å². The first-order valence-electron chi connectivity index (χ1n) is 10.1. The zero-order chi connectivity index (χ0) is 19.5. The van der Waals surface area contributed by atoms with Crippen molar-refractivity contribution in [2.75, 3.05) is 0 Å². The Hall–Kier alpha value is -2.88. The molecule has 0 aliphatic heterocycles. The van der Waals surface area contributed by atoms with Crippen molar-refractivity contribution in [1.82, 2.24) is 9.88 Å². The average Bonchev–Trinajstić information content (AvgIpc) is 2.73. The molecule has 4 heteroatoms. The smallest absolute Gasteiger partial charge is 0.254 e. The Morgan fingerprint density at radius 1 is 1.04 bits per heavy atom. The number of aromatic nitrogens is 1. The number of aromatic amines is 1. The van der Waals surface area contributed by atoms with Crippen molar-refractivity contribution in [3.8, 4) is 0 Å². The molecule has 0 radical (unpaired) electrons. The highest BCUT2D eigenvalue weighted by Crippen LogP contribution is 2.26. The molecule has 1 fully saturated rings. The normalized spacial score (nSPS) is 14.9. The molecule has 0 saturated heterocycles. The zero-order valence-corrected chi connectivity index (χ0v) is 16.3. The number of nitrogens with one attached hydrogen (secondary N) is 1. The molecule has 3 aromatic rings. The first-order valence-corrected chi connectivity index (χ1v) is 10.1. The molecule has 28 heavy (non-hydrogen) atoms. The first-order chi connectivity index (χ1) is 13.6. The second-order valence-electron chi connectivity index (χ2n) is 7.81. The fraction of sp³-hybridized carbons (Fsp3) is 0.333. The summed E-state index contributed by atoms with van der Waals surface area (Å²) in [5.74, 6) is 0.0104. The number of fused-ring (bicyclic) bond motifs is 1. The maximum absolute atomic E-state index is 13.3. The summed E-state index contributed by atoms with van der Waals surface area (Å²) in [6, 6.07) is 17.5. The monoisotopic (exact) mass is 374 g/mol. The number of rotatable bonds is 4. The van der Waals surface area contributed by atoms with E-state index in [0.717, 1.165) is 42.1 Å². The fourth-order valence-electron chi connectivity index (χ4n) is 4.18. The molecule has 0 spiro atoms. The van der Waals surface area contributed by atoms with Gasteiger partial charge in [0.25, 0.3) is 11.5 Å². The average molecular weight is 374 g/mol. The van der Waals surface area contributed by atoms with Crippen molar-refractivity contribution >= 4 is 16.8 Å². The minimum absolute atomic E-state index is 0.0104. The van der Waals surface area contributed by atoms with Gasteiger partial charge in [-0.05, 0) is 55.5 Å². The van der Waals surface area contributed by atoms with E-state index in [9.17, 15) is 9.59 Å². The Morgan fingerprint density at radius 2 is 1.79 bits per heavy atom. The van der Waals surface area contributed by atoms with Gasteiger partial charge in [-0.3, -0.25) is 9.59 Å². The highest BCUT2D eigenvalue weighted by molar-refractivity contribution is 5.94. The molecule has 4 nitrogen and oxygen atoms in total. The van der Waals surface area contributed by atoms with Crippen LogP contribution in [0.25, 0.3) is 10.9 Å². The molecule has 1 amide bonds. The fourth-order valence-corrected chi connectivity index (χ4v) is 4.18. The van der Waals surface area contributed by atoms with Crippen molar-refractivity contribution in [2.24, 2.45) is 0 Å². The Bertz CT molecular complexity index is 1030. The highest BCUT2D eigenvalue weighted by atomic mass is 16.2. The molecule has 0 bridgehead atoms. The Balaban J connectivity index is 1.71. The van der Waals surface area contributed by atoms with Gasteiger partial charge in [-0.1, -0.05) is 49.1 Å². The summed E-state index contributed by atoms with van der Waals surface area (Å²) < 4.78 is 0. The number of amides is 1. The number of H-pyrrole nitrogens is 1.